The molecule has 102 valence electrons. The summed E-state index contributed by atoms with van der Waals surface area (Å²) < 4.78 is 7.80. The van der Waals surface area contributed by atoms with Crippen LogP contribution in [0.15, 0.2) is 6.07 Å². The summed E-state index contributed by atoms with van der Waals surface area (Å²) in [6.07, 6.45) is 5.13. The first kappa shape index (κ1) is 13.6. The molecule has 18 heavy (non-hydrogen) atoms. The number of hydrogen-bond acceptors (Lipinski definition) is 3. The number of aryl methyl sites for hydroxylation is 2. The molecule has 2 heterocycles. The van der Waals surface area contributed by atoms with E-state index in [1.165, 1.54) is 30.7 Å². The lowest BCUT2D eigenvalue weighted by atomic mass is 10.1. The van der Waals surface area contributed by atoms with E-state index < -0.39 is 0 Å². The molecule has 1 aromatic heterocycles. The van der Waals surface area contributed by atoms with Gasteiger partial charge in [0.15, 0.2) is 0 Å². The third-order valence-corrected chi connectivity index (χ3v) is 3.53. The lowest BCUT2D eigenvalue weighted by Crippen LogP contribution is -2.31. The van der Waals surface area contributed by atoms with Crippen molar-refractivity contribution in [3.8, 4) is 0 Å². The summed E-state index contributed by atoms with van der Waals surface area (Å²) in [6.45, 7) is 8.00. The highest BCUT2D eigenvalue weighted by Crippen LogP contribution is 2.12. The van der Waals surface area contributed by atoms with Crippen LogP contribution in [0.4, 0.5) is 0 Å². The van der Waals surface area contributed by atoms with Crippen molar-refractivity contribution in [3.63, 3.8) is 0 Å². The van der Waals surface area contributed by atoms with E-state index in [0.29, 0.717) is 6.10 Å². The van der Waals surface area contributed by atoms with Gasteiger partial charge in [0.25, 0.3) is 0 Å². The van der Waals surface area contributed by atoms with Gasteiger partial charge in [-0.15, -0.1) is 0 Å². The predicted octanol–water partition coefficient (Wildman–Crippen LogP) is 2.12. The Morgan fingerprint density at radius 1 is 1.44 bits per heavy atom. The molecular formula is C14H25N3O. The smallest absolute Gasteiger partial charge is 0.0699 e. The third-order valence-electron chi connectivity index (χ3n) is 3.53. The molecule has 0 spiro atoms. The Balaban J connectivity index is 1.79. The van der Waals surface area contributed by atoms with Crippen LogP contribution in [-0.4, -0.2) is 29.0 Å². The maximum Gasteiger partial charge on any atom is 0.0699 e. The number of nitrogens with zero attached hydrogens (tertiary/aromatic N) is 2. The van der Waals surface area contributed by atoms with Crippen LogP contribution in [0.25, 0.3) is 0 Å². The van der Waals surface area contributed by atoms with E-state index in [4.69, 9.17) is 4.74 Å². The van der Waals surface area contributed by atoms with Gasteiger partial charge in [-0.05, 0) is 38.7 Å². The summed E-state index contributed by atoms with van der Waals surface area (Å²) in [6, 6.07) is 2.21. The van der Waals surface area contributed by atoms with Gasteiger partial charge in [-0.1, -0.05) is 6.92 Å². The zero-order valence-electron chi connectivity index (χ0n) is 11.6. The SMILES string of the molecule is CCc1cc(CNCC2CCCCO2)n(CC)n1. The second kappa shape index (κ2) is 6.90. The molecule has 0 radical (unpaired) electrons. The Morgan fingerprint density at radius 2 is 2.33 bits per heavy atom. The average molecular weight is 251 g/mol. The summed E-state index contributed by atoms with van der Waals surface area (Å²) in [7, 11) is 0. The number of ether oxygens (including phenoxy) is 1. The fraction of sp³-hybridized carbons (Fsp3) is 0.786. The van der Waals surface area contributed by atoms with Crippen molar-refractivity contribution in [1.82, 2.24) is 15.1 Å². The van der Waals surface area contributed by atoms with E-state index in [0.717, 1.165) is 32.7 Å². The summed E-state index contributed by atoms with van der Waals surface area (Å²) >= 11 is 0. The molecule has 1 saturated heterocycles. The zero-order chi connectivity index (χ0) is 12.8. The Bertz CT molecular complexity index is 356. The quantitative estimate of drug-likeness (QED) is 0.842. The molecular weight excluding hydrogens is 226 g/mol. The molecule has 1 N–H and O–H groups in total. The highest BCUT2D eigenvalue weighted by atomic mass is 16.5. The van der Waals surface area contributed by atoms with E-state index in [2.05, 4.69) is 35.0 Å². The molecule has 1 fully saturated rings. The molecule has 1 aromatic rings. The molecule has 0 bridgehead atoms. The Labute approximate surface area is 110 Å². The third kappa shape index (κ3) is 3.56. The first-order chi connectivity index (χ1) is 8.83. The van der Waals surface area contributed by atoms with E-state index >= 15 is 0 Å². The second-order valence-corrected chi connectivity index (χ2v) is 4.92. The van der Waals surface area contributed by atoms with Crippen LogP contribution >= 0.6 is 0 Å². The van der Waals surface area contributed by atoms with Crippen molar-refractivity contribution in [2.75, 3.05) is 13.2 Å². The normalized spacial score (nSPS) is 20.2. The van der Waals surface area contributed by atoms with Gasteiger partial charge in [-0.2, -0.15) is 5.10 Å². The van der Waals surface area contributed by atoms with Crippen LogP contribution in [0.3, 0.4) is 0 Å². The summed E-state index contributed by atoms with van der Waals surface area (Å²) in [4.78, 5) is 0. The van der Waals surface area contributed by atoms with Gasteiger partial charge in [0.2, 0.25) is 0 Å². The van der Waals surface area contributed by atoms with E-state index in [-0.39, 0.29) is 0 Å². The van der Waals surface area contributed by atoms with Gasteiger partial charge in [-0.3, -0.25) is 4.68 Å². The van der Waals surface area contributed by atoms with Crippen molar-refractivity contribution in [3.05, 3.63) is 17.5 Å². The minimum absolute atomic E-state index is 0.405. The standard InChI is InChI=1S/C14H25N3O/c1-3-12-9-13(17(4-2)16-12)10-15-11-14-7-5-6-8-18-14/h9,14-15H,3-8,10-11H2,1-2H3. The first-order valence-corrected chi connectivity index (χ1v) is 7.21. The Kier molecular flexibility index (Phi) is 5.20. The van der Waals surface area contributed by atoms with Crippen LogP contribution in [0.2, 0.25) is 0 Å². The topological polar surface area (TPSA) is 39.1 Å². The fourth-order valence-electron chi connectivity index (χ4n) is 2.43. The molecule has 1 atom stereocenters. The van der Waals surface area contributed by atoms with Gasteiger partial charge in [-0.25, -0.2) is 0 Å². The van der Waals surface area contributed by atoms with Gasteiger partial charge >= 0.3 is 0 Å². The maximum atomic E-state index is 5.71. The number of nitrogens with one attached hydrogen (secondary N) is 1. The van der Waals surface area contributed by atoms with E-state index in [1.807, 2.05) is 0 Å². The molecule has 0 amide bonds. The van der Waals surface area contributed by atoms with Crippen molar-refractivity contribution in [2.45, 2.75) is 58.7 Å². The number of aromatic nitrogens is 2. The molecule has 1 aliphatic rings. The van der Waals surface area contributed by atoms with Crippen LogP contribution in [-0.2, 0) is 24.2 Å². The molecule has 1 aliphatic heterocycles. The second-order valence-electron chi connectivity index (χ2n) is 4.92. The molecule has 0 aliphatic carbocycles. The van der Waals surface area contributed by atoms with Gasteiger partial charge in [0.1, 0.15) is 0 Å². The molecule has 1 unspecified atom stereocenters. The predicted molar refractivity (Wildman–Crippen MR) is 72.6 cm³/mol. The van der Waals surface area contributed by atoms with Crippen molar-refractivity contribution in [1.29, 1.82) is 0 Å². The maximum absolute atomic E-state index is 5.71. The summed E-state index contributed by atoms with van der Waals surface area (Å²) in [5, 5.41) is 8.06. The summed E-state index contributed by atoms with van der Waals surface area (Å²) in [5.74, 6) is 0. The molecule has 0 aromatic carbocycles. The highest BCUT2D eigenvalue weighted by Gasteiger charge is 2.13. The highest BCUT2D eigenvalue weighted by molar-refractivity contribution is 5.10. The minimum Gasteiger partial charge on any atom is -0.377 e. The van der Waals surface area contributed by atoms with Crippen LogP contribution in [0.5, 0.6) is 0 Å². The molecule has 2 rings (SSSR count). The van der Waals surface area contributed by atoms with Crippen molar-refractivity contribution < 1.29 is 4.74 Å². The minimum atomic E-state index is 0.405. The lowest BCUT2D eigenvalue weighted by molar-refractivity contribution is 0.0167. The van der Waals surface area contributed by atoms with Crippen LogP contribution < -0.4 is 5.32 Å². The van der Waals surface area contributed by atoms with E-state index in [9.17, 15) is 0 Å². The molecule has 0 saturated carbocycles. The van der Waals surface area contributed by atoms with Gasteiger partial charge < -0.3 is 10.1 Å². The summed E-state index contributed by atoms with van der Waals surface area (Å²) in [5.41, 5.74) is 2.47. The fourth-order valence-corrected chi connectivity index (χ4v) is 2.43. The van der Waals surface area contributed by atoms with E-state index in [1.54, 1.807) is 0 Å². The Morgan fingerprint density at radius 3 is 3.00 bits per heavy atom. The largest absolute Gasteiger partial charge is 0.377 e. The number of hydrogen-bond donors (Lipinski definition) is 1. The Hall–Kier alpha value is -0.870. The monoisotopic (exact) mass is 251 g/mol. The number of rotatable bonds is 6. The average Bonchev–Trinajstić information content (AvgIpc) is 2.82. The molecule has 4 nitrogen and oxygen atoms in total. The van der Waals surface area contributed by atoms with Gasteiger partial charge in [0, 0.05) is 26.2 Å². The van der Waals surface area contributed by atoms with Crippen molar-refractivity contribution in [2.24, 2.45) is 0 Å². The van der Waals surface area contributed by atoms with Gasteiger partial charge in [0.05, 0.1) is 17.5 Å². The van der Waals surface area contributed by atoms with Crippen molar-refractivity contribution >= 4 is 0 Å². The van der Waals surface area contributed by atoms with Crippen LogP contribution in [0, 0.1) is 0 Å². The lowest BCUT2D eigenvalue weighted by Gasteiger charge is -2.22. The first-order valence-electron chi connectivity index (χ1n) is 7.21. The zero-order valence-corrected chi connectivity index (χ0v) is 11.6. The van der Waals surface area contributed by atoms with Crippen LogP contribution in [0.1, 0.15) is 44.5 Å². The molecule has 4 heteroatoms.